The minimum absolute atomic E-state index is 0.229. The molecule has 1 N–H and O–H groups in total. The molecule has 1 aliphatic heterocycles. The van der Waals surface area contributed by atoms with Crippen LogP contribution in [0.1, 0.15) is 11.1 Å². The smallest absolute Gasteiger partial charge is 0.0558 e. The number of hydrogen-bond donors (Lipinski definition) is 1. The fourth-order valence-corrected chi connectivity index (χ4v) is 3.05. The molecule has 3 heteroatoms. The van der Waals surface area contributed by atoms with Gasteiger partial charge < -0.3 is 5.11 Å². The van der Waals surface area contributed by atoms with E-state index in [1.165, 1.54) is 16.7 Å². The van der Waals surface area contributed by atoms with Crippen LogP contribution in [0.15, 0.2) is 42.5 Å². The van der Waals surface area contributed by atoms with E-state index in [-0.39, 0.29) is 6.61 Å². The Bertz CT molecular complexity index is 612. The van der Waals surface area contributed by atoms with Crippen LogP contribution in [0, 0.1) is 0 Å². The normalized spacial score (nSPS) is 15.1. The molecule has 2 nitrogen and oxygen atoms in total. The molecule has 0 fully saturated rings. The van der Waals surface area contributed by atoms with Crippen LogP contribution in [-0.2, 0) is 13.0 Å². The van der Waals surface area contributed by atoms with Gasteiger partial charge in [-0.2, -0.15) is 0 Å². The second kappa shape index (κ2) is 5.96. The average molecular weight is 288 g/mol. The van der Waals surface area contributed by atoms with Crippen LogP contribution in [0.2, 0.25) is 5.02 Å². The van der Waals surface area contributed by atoms with Crippen LogP contribution >= 0.6 is 11.6 Å². The van der Waals surface area contributed by atoms with Crippen LogP contribution in [-0.4, -0.2) is 29.7 Å². The lowest BCUT2D eigenvalue weighted by atomic mass is 9.94. The molecule has 0 aliphatic carbocycles. The molecule has 0 aromatic heterocycles. The first-order valence-corrected chi connectivity index (χ1v) is 7.35. The van der Waals surface area contributed by atoms with Crippen molar-refractivity contribution in [3.05, 3.63) is 58.6 Å². The van der Waals surface area contributed by atoms with Gasteiger partial charge in [-0.1, -0.05) is 48.0 Å². The first kappa shape index (κ1) is 13.6. The van der Waals surface area contributed by atoms with E-state index in [2.05, 4.69) is 29.2 Å². The average Bonchev–Trinajstić information content (AvgIpc) is 2.48. The summed E-state index contributed by atoms with van der Waals surface area (Å²) in [5.74, 6) is 0. The van der Waals surface area contributed by atoms with Crippen molar-refractivity contribution in [3.63, 3.8) is 0 Å². The summed E-state index contributed by atoms with van der Waals surface area (Å²) in [4.78, 5) is 2.29. The summed E-state index contributed by atoms with van der Waals surface area (Å²) in [5, 5.41) is 9.83. The van der Waals surface area contributed by atoms with E-state index in [4.69, 9.17) is 16.7 Å². The van der Waals surface area contributed by atoms with Gasteiger partial charge in [-0.05, 0) is 29.2 Å². The molecule has 0 amide bonds. The molecule has 3 rings (SSSR count). The molecule has 1 aliphatic rings. The quantitative estimate of drug-likeness (QED) is 0.936. The lowest BCUT2D eigenvalue weighted by Gasteiger charge is -2.28. The van der Waals surface area contributed by atoms with E-state index in [0.29, 0.717) is 0 Å². The molecule has 0 saturated heterocycles. The predicted molar refractivity (Wildman–Crippen MR) is 83.0 cm³/mol. The van der Waals surface area contributed by atoms with Gasteiger partial charge in [0.2, 0.25) is 0 Å². The van der Waals surface area contributed by atoms with Crippen LogP contribution in [0.25, 0.3) is 11.1 Å². The maximum atomic E-state index is 9.03. The van der Waals surface area contributed by atoms with Gasteiger partial charge in [0.05, 0.1) is 6.61 Å². The number of hydrogen-bond acceptors (Lipinski definition) is 2. The number of benzene rings is 2. The van der Waals surface area contributed by atoms with E-state index in [1.54, 1.807) is 0 Å². The van der Waals surface area contributed by atoms with Crippen molar-refractivity contribution in [2.45, 2.75) is 13.0 Å². The van der Waals surface area contributed by atoms with Crippen LogP contribution in [0.3, 0.4) is 0 Å². The Morgan fingerprint density at radius 1 is 1.10 bits per heavy atom. The van der Waals surface area contributed by atoms with E-state index >= 15 is 0 Å². The Labute approximate surface area is 124 Å². The van der Waals surface area contributed by atoms with Crippen LogP contribution < -0.4 is 0 Å². The third-order valence-corrected chi connectivity index (χ3v) is 4.23. The summed E-state index contributed by atoms with van der Waals surface area (Å²) >= 11 is 6.27. The van der Waals surface area contributed by atoms with Crippen molar-refractivity contribution >= 4 is 11.6 Å². The highest BCUT2D eigenvalue weighted by molar-refractivity contribution is 6.33. The fraction of sp³-hybridized carbons (Fsp3) is 0.294. The van der Waals surface area contributed by atoms with Gasteiger partial charge in [0, 0.05) is 30.2 Å². The predicted octanol–water partition coefficient (Wildman–Crippen LogP) is 3.36. The van der Waals surface area contributed by atoms with Gasteiger partial charge in [0.25, 0.3) is 0 Å². The minimum atomic E-state index is 0.229. The first-order valence-electron chi connectivity index (χ1n) is 6.98. The van der Waals surface area contributed by atoms with Crippen LogP contribution in [0.4, 0.5) is 0 Å². The third-order valence-electron chi connectivity index (χ3n) is 3.90. The monoisotopic (exact) mass is 287 g/mol. The molecule has 0 radical (unpaired) electrons. The summed E-state index contributed by atoms with van der Waals surface area (Å²) in [7, 11) is 0. The highest BCUT2D eigenvalue weighted by Crippen LogP contribution is 2.30. The molecule has 0 saturated carbocycles. The largest absolute Gasteiger partial charge is 0.395 e. The SMILES string of the molecule is OCCN1CCc2cc(-c3ccccc3Cl)ccc2C1. The Hall–Kier alpha value is -1.35. The number of β-amino-alcohol motifs (C(OH)–C–C–N with tert-alkyl or cyclic N) is 1. The summed E-state index contributed by atoms with van der Waals surface area (Å²) < 4.78 is 0. The van der Waals surface area contributed by atoms with Gasteiger partial charge >= 0.3 is 0 Å². The molecular weight excluding hydrogens is 270 g/mol. The topological polar surface area (TPSA) is 23.5 Å². The first-order chi connectivity index (χ1) is 9.78. The van der Waals surface area contributed by atoms with Crippen molar-refractivity contribution in [1.29, 1.82) is 0 Å². The Kier molecular flexibility index (Phi) is 4.06. The molecule has 2 aromatic rings. The van der Waals surface area contributed by atoms with Crippen molar-refractivity contribution in [1.82, 2.24) is 4.90 Å². The van der Waals surface area contributed by atoms with Crippen molar-refractivity contribution in [3.8, 4) is 11.1 Å². The lowest BCUT2D eigenvalue weighted by molar-refractivity contribution is 0.184. The summed E-state index contributed by atoms with van der Waals surface area (Å²) in [6.07, 6.45) is 1.04. The molecule has 0 bridgehead atoms. The van der Waals surface area contributed by atoms with Crippen LogP contribution in [0.5, 0.6) is 0 Å². The number of nitrogens with zero attached hydrogens (tertiary/aromatic N) is 1. The fourth-order valence-electron chi connectivity index (χ4n) is 2.81. The minimum Gasteiger partial charge on any atom is -0.395 e. The van der Waals surface area contributed by atoms with Gasteiger partial charge in [0.1, 0.15) is 0 Å². The maximum absolute atomic E-state index is 9.03. The third kappa shape index (κ3) is 2.73. The summed E-state index contributed by atoms with van der Waals surface area (Å²) in [6.45, 7) is 2.93. The maximum Gasteiger partial charge on any atom is 0.0558 e. The highest BCUT2D eigenvalue weighted by atomic mass is 35.5. The number of aliphatic hydroxyl groups excluding tert-OH is 1. The second-order valence-corrected chi connectivity index (χ2v) is 5.62. The van der Waals surface area contributed by atoms with Gasteiger partial charge in [-0.15, -0.1) is 0 Å². The molecule has 2 aromatic carbocycles. The van der Waals surface area contributed by atoms with E-state index in [0.717, 1.165) is 36.6 Å². The van der Waals surface area contributed by atoms with Gasteiger partial charge in [-0.25, -0.2) is 0 Å². The second-order valence-electron chi connectivity index (χ2n) is 5.21. The number of fused-ring (bicyclic) bond motifs is 1. The van der Waals surface area contributed by atoms with Crippen molar-refractivity contribution in [2.75, 3.05) is 19.7 Å². The Balaban J connectivity index is 1.90. The number of aliphatic hydroxyl groups is 1. The van der Waals surface area contributed by atoms with Crippen molar-refractivity contribution < 1.29 is 5.11 Å². The van der Waals surface area contributed by atoms with E-state index in [9.17, 15) is 0 Å². The molecule has 104 valence electrons. The van der Waals surface area contributed by atoms with Gasteiger partial charge in [-0.3, -0.25) is 4.90 Å². The molecule has 20 heavy (non-hydrogen) atoms. The number of halogens is 1. The molecule has 0 unspecified atom stereocenters. The molecular formula is C17H18ClNO. The zero-order valence-electron chi connectivity index (χ0n) is 11.3. The molecule has 0 spiro atoms. The lowest BCUT2D eigenvalue weighted by Crippen LogP contribution is -2.32. The standard InChI is InChI=1S/C17H18ClNO/c18-17-4-2-1-3-16(17)14-5-6-15-12-19(9-10-20)8-7-13(15)11-14/h1-6,11,20H,7-10,12H2. The van der Waals surface area contributed by atoms with Crippen molar-refractivity contribution in [2.24, 2.45) is 0 Å². The zero-order valence-corrected chi connectivity index (χ0v) is 12.1. The zero-order chi connectivity index (χ0) is 13.9. The van der Waals surface area contributed by atoms with E-state index in [1.807, 2.05) is 18.2 Å². The van der Waals surface area contributed by atoms with Gasteiger partial charge in [0.15, 0.2) is 0 Å². The Morgan fingerprint density at radius 2 is 1.95 bits per heavy atom. The number of rotatable bonds is 3. The molecule has 0 atom stereocenters. The summed E-state index contributed by atoms with van der Waals surface area (Å²) in [5.41, 5.74) is 5.04. The summed E-state index contributed by atoms with van der Waals surface area (Å²) in [6, 6.07) is 14.6. The Morgan fingerprint density at radius 3 is 2.75 bits per heavy atom. The van der Waals surface area contributed by atoms with E-state index < -0.39 is 0 Å². The molecule has 1 heterocycles. The highest BCUT2D eigenvalue weighted by Gasteiger charge is 2.16.